The zero-order valence-corrected chi connectivity index (χ0v) is 14.6. The van der Waals surface area contributed by atoms with E-state index in [0.29, 0.717) is 0 Å². The van der Waals surface area contributed by atoms with E-state index in [1.807, 2.05) is 0 Å². The second-order valence-electron chi connectivity index (χ2n) is 5.33. The van der Waals surface area contributed by atoms with Crippen molar-refractivity contribution in [2.75, 3.05) is 19.8 Å². The molecule has 0 spiro atoms. The first-order valence-electron chi connectivity index (χ1n) is 7.35. The second-order valence-corrected chi connectivity index (χ2v) is 6.74. The number of carbonyl (C=O) groups excluding carboxylic acids is 2. The third kappa shape index (κ3) is 8.35. The third-order valence-electron chi connectivity index (χ3n) is 3.26. The smallest absolute Gasteiger partial charge is 0.394 e. The number of aliphatic hydroxyl groups is 8. The van der Waals surface area contributed by atoms with Crippen molar-refractivity contribution in [2.45, 2.75) is 42.7 Å². The predicted octanol–water partition coefficient (Wildman–Crippen LogP) is -5.59. The Hall–Kier alpha value is -0.870. The van der Waals surface area contributed by atoms with E-state index < -0.39 is 76.2 Å². The van der Waals surface area contributed by atoms with E-state index in [9.17, 15) is 39.5 Å². The quantitative estimate of drug-likeness (QED) is 0.0935. The topological polar surface area (TPSA) is 252 Å². The third-order valence-corrected chi connectivity index (χ3v) is 4.23. The molecule has 0 fully saturated rings. The lowest BCUT2D eigenvalue weighted by Crippen LogP contribution is -2.47. The fraction of sp³-hybridized carbons (Fsp3) is 0.833. The van der Waals surface area contributed by atoms with Gasteiger partial charge >= 0.3 is 7.82 Å². The number of phosphoric acid groups is 1. The second kappa shape index (κ2) is 11.9. The maximum Gasteiger partial charge on any atom is 0.473 e. The van der Waals surface area contributed by atoms with Gasteiger partial charge in [-0.05, 0) is 0 Å². The van der Waals surface area contributed by atoms with Gasteiger partial charge in [0.1, 0.15) is 43.2 Å². The van der Waals surface area contributed by atoms with Crippen molar-refractivity contribution in [2.24, 2.45) is 0 Å². The molecule has 0 aromatic carbocycles. The normalized spacial score (nSPS) is 22.0. The Balaban J connectivity index is 4.84. The SMILES string of the molecule is O=C[C@H](OP(=O)(O)OCC(=O)[C@@H](O)[C@H](O)[C@@H](O)CO)[C@@H](O)[C@H](O)[C@H](O)CO. The van der Waals surface area contributed by atoms with Gasteiger partial charge in [0, 0.05) is 0 Å². The van der Waals surface area contributed by atoms with Crippen LogP contribution in [0.25, 0.3) is 0 Å². The molecule has 0 aliphatic rings. The first-order valence-corrected chi connectivity index (χ1v) is 8.85. The van der Waals surface area contributed by atoms with Crippen LogP contribution in [0.2, 0.25) is 0 Å². The van der Waals surface area contributed by atoms with Crippen LogP contribution in [0.4, 0.5) is 0 Å². The molecule has 0 bridgehead atoms. The minimum Gasteiger partial charge on any atom is -0.394 e. The molecule has 0 radical (unpaired) electrons. The Bertz CT molecular complexity index is 514. The molecular weight excluding hydrogens is 399 g/mol. The maximum absolute atomic E-state index is 11.7. The number of Topliss-reactive ketones (excluding diaryl/α,β-unsaturated/α-hetero) is 1. The van der Waals surface area contributed by atoms with Gasteiger partial charge in [0.25, 0.3) is 0 Å². The van der Waals surface area contributed by atoms with Crippen LogP contribution in [0.3, 0.4) is 0 Å². The van der Waals surface area contributed by atoms with Gasteiger partial charge in [-0.1, -0.05) is 0 Å². The van der Waals surface area contributed by atoms with Gasteiger partial charge < -0.3 is 50.5 Å². The van der Waals surface area contributed by atoms with E-state index in [2.05, 4.69) is 9.05 Å². The summed E-state index contributed by atoms with van der Waals surface area (Å²) in [6, 6.07) is 0. The number of aliphatic hydroxyl groups excluding tert-OH is 8. The first-order chi connectivity index (χ1) is 12.4. The molecule has 9 N–H and O–H groups in total. The largest absolute Gasteiger partial charge is 0.473 e. The minimum absolute atomic E-state index is 0.220. The van der Waals surface area contributed by atoms with Crippen molar-refractivity contribution >= 4 is 19.9 Å². The summed E-state index contributed by atoms with van der Waals surface area (Å²) in [5.41, 5.74) is 0. The minimum atomic E-state index is -5.22. The zero-order chi connectivity index (χ0) is 21.4. The van der Waals surface area contributed by atoms with Crippen molar-refractivity contribution in [3.05, 3.63) is 0 Å². The Morgan fingerprint density at radius 1 is 0.926 bits per heavy atom. The van der Waals surface area contributed by atoms with Crippen molar-refractivity contribution in [3.8, 4) is 0 Å². The molecule has 0 aromatic heterocycles. The lowest BCUT2D eigenvalue weighted by molar-refractivity contribution is -0.143. The Morgan fingerprint density at radius 2 is 1.41 bits per heavy atom. The Kier molecular flexibility index (Phi) is 11.5. The summed E-state index contributed by atoms with van der Waals surface area (Å²) in [6.07, 6.45) is -15.0. The highest BCUT2D eigenvalue weighted by Gasteiger charge is 2.38. The van der Waals surface area contributed by atoms with Crippen LogP contribution in [0.1, 0.15) is 0 Å². The molecule has 0 saturated carbocycles. The van der Waals surface area contributed by atoms with Crippen LogP contribution < -0.4 is 0 Å². The monoisotopic (exact) mass is 422 g/mol. The Labute approximate surface area is 152 Å². The first kappa shape index (κ1) is 26.1. The van der Waals surface area contributed by atoms with Gasteiger partial charge in [0.2, 0.25) is 0 Å². The molecule has 160 valence electrons. The maximum atomic E-state index is 11.7. The molecule has 0 aliphatic heterocycles. The van der Waals surface area contributed by atoms with Crippen LogP contribution in [0.5, 0.6) is 0 Å². The van der Waals surface area contributed by atoms with Crippen molar-refractivity contribution in [1.82, 2.24) is 0 Å². The van der Waals surface area contributed by atoms with Crippen LogP contribution in [-0.2, 0) is 23.2 Å². The van der Waals surface area contributed by atoms with E-state index in [4.69, 9.17) is 20.4 Å². The highest BCUT2D eigenvalue weighted by Crippen LogP contribution is 2.45. The van der Waals surface area contributed by atoms with Crippen LogP contribution in [-0.4, -0.2) is 120 Å². The van der Waals surface area contributed by atoms with Gasteiger partial charge in [-0.15, -0.1) is 0 Å². The number of rotatable bonds is 14. The molecule has 15 heteroatoms. The van der Waals surface area contributed by atoms with E-state index >= 15 is 0 Å². The number of phosphoric ester groups is 1. The molecule has 0 aliphatic carbocycles. The molecule has 14 nitrogen and oxygen atoms in total. The average Bonchev–Trinajstić information content (AvgIpc) is 2.66. The fourth-order valence-electron chi connectivity index (χ4n) is 1.62. The zero-order valence-electron chi connectivity index (χ0n) is 13.8. The summed E-state index contributed by atoms with van der Waals surface area (Å²) < 4.78 is 20.1. The van der Waals surface area contributed by atoms with E-state index in [0.717, 1.165) is 0 Å². The van der Waals surface area contributed by atoms with Gasteiger partial charge in [-0.3, -0.25) is 13.8 Å². The molecule has 0 rings (SSSR count). The summed E-state index contributed by atoms with van der Waals surface area (Å²) in [6.45, 7) is -3.34. The van der Waals surface area contributed by atoms with Gasteiger partial charge in [-0.25, -0.2) is 4.57 Å². The van der Waals surface area contributed by atoms with Crippen LogP contribution in [0, 0.1) is 0 Å². The van der Waals surface area contributed by atoms with E-state index in [1.54, 1.807) is 0 Å². The summed E-state index contributed by atoms with van der Waals surface area (Å²) in [5, 5.41) is 73.3. The lowest BCUT2D eigenvalue weighted by atomic mass is 10.0. The number of hydrogen-bond acceptors (Lipinski definition) is 13. The fourth-order valence-corrected chi connectivity index (χ4v) is 2.45. The highest BCUT2D eigenvalue weighted by atomic mass is 31.2. The number of carbonyl (C=O) groups is 2. The van der Waals surface area contributed by atoms with Crippen molar-refractivity contribution < 1.29 is 68.9 Å². The summed E-state index contributed by atoms with van der Waals surface area (Å²) in [7, 11) is -5.22. The van der Waals surface area contributed by atoms with E-state index in [-0.39, 0.29) is 6.29 Å². The molecule has 0 aromatic rings. The summed E-state index contributed by atoms with van der Waals surface area (Å²) >= 11 is 0. The lowest BCUT2D eigenvalue weighted by Gasteiger charge is -2.26. The molecular formula is C12H23O14P. The molecule has 1 unspecified atom stereocenters. The van der Waals surface area contributed by atoms with Crippen molar-refractivity contribution in [3.63, 3.8) is 0 Å². The van der Waals surface area contributed by atoms with Crippen molar-refractivity contribution in [1.29, 1.82) is 0 Å². The molecule has 8 atom stereocenters. The number of ketones is 1. The highest BCUT2D eigenvalue weighted by molar-refractivity contribution is 7.47. The molecule has 0 amide bonds. The Morgan fingerprint density at radius 3 is 1.85 bits per heavy atom. The average molecular weight is 422 g/mol. The van der Waals surface area contributed by atoms with Gasteiger partial charge in [-0.2, -0.15) is 0 Å². The summed E-state index contributed by atoms with van der Waals surface area (Å²) in [4.78, 5) is 31.8. The molecule has 0 saturated heterocycles. The van der Waals surface area contributed by atoms with Crippen LogP contribution >= 0.6 is 7.82 Å². The summed E-state index contributed by atoms with van der Waals surface area (Å²) in [5.74, 6) is -1.40. The predicted molar refractivity (Wildman–Crippen MR) is 81.9 cm³/mol. The van der Waals surface area contributed by atoms with Gasteiger partial charge in [0.05, 0.1) is 13.2 Å². The molecule has 0 heterocycles. The number of aldehydes is 1. The van der Waals surface area contributed by atoms with E-state index in [1.165, 1.54) is 0 Å². The standard InChI is InChI=1S/C12H23O14P/c13-1-5(16)9(19)11(21)7(18)4-25-27(23,24)26-8(3-15)12(22)10(20)6(17)2-14/h3,5-6,8-14,16-17,19-22H,1-2,4H2,(H,23,24)/t5-,6+,8-,9+,10+,11+,12+/m0/s1. The van der Waals surface area contributed by atoms with Gasteiger partial charge in [0.15, 0.2) is 18.2 Å². The van der Waals surface area contributed by atoms with Crippen LogP contribution in [0.15, 0.2) is 0 Å². The number of hydrogen-bond donors (Lipinski definition) is 9. The molecule has 27 heavy (non-hydrogen) atoms.